The summed E-state index contributed by atoms with van der Waals surface area (Å²) in [6.07, 6.45) is 1.66. The van der Waals surface area contributed by atoms with Crippen molar-refractivity contribution in [1.82, 2.24) is 10.2 Å². The van der Waals surface area contributed by atoms with E-state index in [-0.39, 0.29) is 5.82 Å². The summed E-state index contributed by atoms with van der Waals surface area (Å²) >= 11 is 3.08. The number of rotatable bonds is 5. The summed E-state index contributed by atoms with van der Waals surface area (Å²) in [7, 11) is 0. The molecule has 110 valence electrons. The molecule has 0 aliphatic rings. The van der Waals surface area contributed by atoms with Crippen LogP contribution in [0.2, 0.25) is 0 Å². The van der Waals surface area contributed by atoms with Crippen LogP contribution in [0.1, 0.15) is 11.1 Å². The van der Waals surface area contributed by atoms with E-state index in [1.165, 1.54) is 29.0 Å². The fourth-order valence-corrected chi connectivity index (χ4v) is 3.35. The fourth-order valence-electron chi connectivity index (χ4n) is 1.71. The highest BCUT2D eigenvalue weighted by atomic mass is 32.2. The van der Waals surface area contributed by atoms with Crippen molar-refractivity contribution in [2.24, 2.45) is 4.99 Å². The Morgan fingerprint density at radius 3 is 2.59 bits per heavy atom. The molecule has 0 spiro atoms. The molecule has 0 amide bonds. The molecule has 1 heterocycles. The SMILES string of the molecule is Fc1ccc(/C=N/c2nnc(SCc3ccccc3)s2)cc1. The summed E-state index contributed by atoms with van der Waals surface area (Å²) in [4.78, 5) is 4.27. The van der Waals surface area contributed by atoms with Gasteiger partial charge in [-0.3, -0.25) is 0 Å². The number of thioether (sulfide) groups is 1. The third-order valence-corrected chi connectivity index (χ3v) is 4.83. The van der Waals surface area contributed by atoms with Crippen LogP contribution in [0.15, 0.2) is 63.9 Å². The number of halogens is 1. The van der Waals surface area contributed by atoms with Gasteiger partial charge in [0.05, 0.1) is 0 Å². The van der Waals surface area contributed by atoms with Gasteiger partial charge in [-0.25, -0.2) is 9.38 Å². The van der Waals surface area contributed by atoms with Crippen LogP contribution < -0.4 is 0 Å². The second-order valence-corrected chi connectivity index (χ2v) is 6.61. The van der Waals surface area contributed by atoms with Crippen LogP contribution in [-0.2, 0) is 5.75 Å². The van der Waals surface area contributed by atoms with Crippen molar-refractivity contribution in [2.75, 3.05) is 0 Å². The largest absolute Gasteiger partial charge is 0.232 e. The van der Waals surface area contributed by atoms with Gasteiger partial charge in [0, 0.05) is 12.0 Å². The van der Waals surface area contributed by atoms with Gasteiger partial charge >= 0.3 is 0 Å². The molecule has 0 saturated carbocycles. The first-order valence-electron chi connectivity index (χ1n) is 6.59. The summed E-state index contributed by atoms with van der Waals surface area (Å²) in [5, 5.41) is 8.75. The van der Waals surface area contributed by atoms with Crippen molar-refractivity contribution in [2.45, 2.75) is 10.1 Å². The maximum Gasteiger partial charge on any atom is 0.232 e. The lowest BCUT2D eigenvalue weighted by molar-refractivity contribution is 0.628. The monoisotopic (exact) mass is 329 g/mol. The van der Waals surface area contributed by atoms with Gasteiger partial charge in [-0.15, -0.1) is 10.2 Å². The first-order valence-corrected chi connectivity index (χ1v) is 8.40. The molecule has 0 atom stereocenters. The normalized spacial score (nSPS) is 11.1. The average molecular weight is 329 g/mol. The molecule has 0 N–H and O–H groups in total. The summed E-state index contributed by atoms with van der Waals surface area (Å²) in [5.74, 6) is 0.601. The summed E-state index contributed by atoms with van der Waals surface area (Å²) in [5.41, 5.74) is 2.08. The summed E-state index contributed by atoms with van der Waals surface area (Å²) in [6.45, 7) is 0. The highest BCUT2D eigenvalue weighted by Gasteiger charge is 2.03. The number of nitrogens with zero attached hydrogens (tertiary/aromatic N) is 3. The Morgan fingerprint density at radius 1 is 1.05 bits per heavy atom. The van der Waals surface area contributed by atoms with Gasteiger partial charge in [-0.1, -0.05) is 65.6 Å². The third-order valence-electron chi connectivity index (χ3n) is 2.79. The Kier molecular flexibility index (Phi) is 4.92. The van der Waals surface area contributed by atoms with Crippen molar-refractivity contribution < 1.29 is 4.39 Å². The summed E-state index contributed by atoms with van der Waals surface area (Å²) < 4.78 is 13.7. The van der Waals surface area contributed by atoms with E-state index in [2.05, 4.69) is 27.3 Å². The second kappa shape index (κ2) is 7.29. The molecule has 0 aliphatic heterocycles. The van der Waals surface area contributed by atoms with E-state index in [4.69, 9.17) is 0 Å². The van der Waals surface area contributed by atoms with E-state index in [0.717, 1.165) is 15.7 Å². The van der Waals surface area contributed by atoms with E-state index in [9.17, 15) is 4.39 Å². The molecule has 0 saturated heterocycles. The molecular formula is C16H12FN3S2. The van der Waals surface area contributed by atoms with Crippen LogP contribution in [0, 0.1) is 5.82 Å². The van der Waals surface area contributed by atoms with Crippen LogP contribution in [0.25, 0.3) is 0 Å². The lowest BCUT2D eigenvalue weighted by atomic mass is 10.2. The third kappa shape index (κ3) is 4.22. The van der Waals surface area contributed by atoms with Gasteiger partial charge in [0.1, 0.15) is 5.82 Å². The molecule has 0 bridgehead atoms. The van der Waals surface area contributed by atoms with E-state index in [0.29, 0.717) is 5.13 Å². The van der Waals surface area contributed by atoms with Crippen molar-refractivity contribution >= 4 is 34.4 Å². The van der Waals surface area contributed by atoms with Crippen LogP contribution in [0.5, 0.6) is 0 Å². The fraction of sp³-hybridized carbons (Fsp3) is 0.0625. The molecule has 3 rings (SSSR count). The highest BCUT2D eigenvalue weighted by molar-refractivity contribution is 8.00. The van der Waals surface area contributed by atoms with E-state index in [1.54, 1.807) is 30.1 Å². The number of hydrogen-bond donors (Lipinski definition) is 0. The lowest BCUT2D eigenvalue weighted by Gasteiger charge is -1.96. The van der Waals surface area contributed by atoms with Gasteiger partial charge in [0.15, 0.2) is 4.34 Å². The van der Waals surface area contributed by atoms with Crippen LogP contribution in [-0.4, -0.2) is 16.4 Å². The van der Waals surface area contributed by atoms with Crippen LogP contribution in [0.3, 0.4) is 0 Å². The van der Waals surface area contributed by atoms with Crippen LogP contribution in [0.4, 0.5) is 9.52 Å². The zero-order valence-electron chi connectivity index (χ0n) is 11.5. The highest BCUT2D eigenvalue weighted by Crippen LogP contribution is 2.29. The smallest absolute Gasteiger partial charge is 0.226 e. The Hall–Kier alpha value is -2.05. The second-order valence-electron chi connectivity index (χ2n) is 4.43. The standard InChI is InChI=1S/C16H12FN3S2/c17-14-8-6-12(7-9-14)10-18-15-19-20-16(22-15)21-11-13-4-2-1-3-5-13/h1-10H,11H2/b18-10+. The molecule has 0 unspecified atom stereocenters. The molecule has 0 aliphatic carbocycles. The molecule has 3 nitrogen and oxygen atoms in total. The molecule has 2 aromatic carbocycles. The van der Waals surface area contributed by atoms with Gasteiger partial charge < -0.3 is 0 Å². The molecule has 22 heavy (non-hydrogen) atoms. The zero-order chi connectivity index (χ0) is 15.2. The Labute approximate surface area is 136 Å². The quantitative estimate of drug-likeness (QED) is 0.502. The van der Waals surface area contributed by atoms with Crippen LogP contribution >= 0.6 is 23.1 Å². The molecule has 0 fully saturated rings. The first-order chi connectivity index (χ1) is 10.8. The summed E-state index contributed by atoms with van der Waals surface area (Å²) in [6, 6.07) is 16.4. The zero-order valence-corrected chi connectivity index (χ0v) is 13.1. The molecular weight excluding hydrogens is 317 g/mol. The Morgan fingerprint density at radius 2 is 1.82 bits per heavy atom. The number of aliphatic imine (C=N–C) groups is 1. The molecule has 1 aromatic heterocycles. The maximum absolute atomic E-state index is 12.8. The number of aromatic nitrogens is 2. The molecule has 0 radical (unpaired) electrons. The topological polar surface area (TPSA) is 38.1 Å². The van der Waals surface area contributed by atoms with Crippen molar-refractivity contribution in [3.63, 3.8) is 0 Å². The molecule has 3 aromatic rings. The van der Waals surface area contributed by atoms with E-state index >= 15 is 0 Å². The predicted molar refractivity (Wildman–Crippen MR) is 89.6 cm³/mol. The van der Waals surface area contributed by atoms with Gasteiger partial charge in [0.25, 0.3) is 0 Å². The minimum atomic E-state index is -0.257. The van der Waals surface area contributed by atoms with E-state index < -0.39 is 0 Å². The first kappa shape index (κ1) is 14.9. The van der Waals surface area contributed by atoms with Gasteiger partial charge in [-0.2, -0.15) is 0 Å². The maximum atomic E-state index is 12.8. The van der Waals surface area contributed by atoms with Gasteiger partial charge in [0.2, 0.25) is 5.13 Å². The van der Waals surface area contributed by atoms with Gasteiger partial charge in [-0.05, 0) is 23.3 Å². The predicted octanol–water partition coefficient (Wildman–Crippen LogP) is 4.72. The average Bonchev–Trinajstić information content (AvgIpc) is 3.01. The Bertz CT molecular complexity index is 755. The number of hydrogen-bond acceptors (Lipinski definition) is 5. The number of benzene rings is 2. The minimum Gasteiger partial charge on any atom is -0.226 e. The minimum absolute atomic E-state index is 0.257. The van der Waals surface area contributed by atoms with Crippen molar-refractivity contribution in [3.05, 3.63) is 71.5 Å². The Balaban J connectivity index is 1.60. The lowest BCUT2D eigenvalue weighted by Crippen LogP contribution is -1.80. The van der Waals surface area contributed by atoms with E-state index in [1.807, 2.05) is 18.2 Å². The molecule has 6 heteroatoms. The van der Waals surface area contributed by atoms with Crippen molar-refractivity contribution in [3.8, 4) is 0 Å². The van der Waals surface area contributed by atoms with Crippen molar-refractivity contribution in [1.29, 1.82) is 0 Å².